The predicted octanol–water partition coefficient (Wildman–Crippen LogP) is 2.80. The van der Waals surface area contributed by atoms with Crippen LogP contribution < -0.4 is 10.1 Å². The number of esters is 2. The molecule has 1 aromatic carbocycles. The van der Waals surface area contributed by atoms with E-state index in [0.29, 0.717) is 27.5 Å². The van der Waals surface area contributed by atoms with Gasteiger partial charge in [0.2, 0.25) is 16.0 Å². The van der Waals surface area contributed by atoms with Gasteiger partial charge in [-0.1, -0.05) is 41.1 Å². The fourth-order valence-corrected chi connectivity index (χ4v) is 7.89. The molecule has 20 heteroatoms. The van der Waals surface area contributed by atoms with Gasteiger partial charge in [-0.05, 0) is 30.7 Å². The van der Waals surface area contributed by atoms with E-state index in [0.717, 1.165) is 21.5 Å². The number of anilines is 2. The van der Waals surface area contributed by atoms with Crippen molar-refractivity contribution in [1.29, 1.82) is 0 Å². The minimum absolute atomic E-state index is 0.168. The van der Waals surface area contributed by atoms with Gasteiger partial charge >= 0.3 is 23.8 Å². The fourth-order valence-electron chi connectivity index (χ4n) is 5.51. The van der Waals surface area contributed by atoms with Gasteiger partial charge in [0.05, 0.1) is 12.8 Å². The molecule has 0 aliphatic carbocycles. The van der Waals surface area contributed by atoms with Crippen molar-refractivity contribution >= 4 is 62.3 Å². The smallest absolute Gasteiger partial charge is 0.352 e. The number of aromatic nitrogens is 4. The standard InChI is InChI=1S/C29H24N6O11S3/c36-21-14-28(39)22(49(40,41)42)25(37)46-35-11-9-16(13-29(35,44-21)45-26(28)38)23-32-27(48-34-23)33-24-19(43-17-6-2-1-3-7-17)12-18(15-31-24)47-20-8-4-5-10-30-20/h1-8,10,12,15-16,22,39H,9,11,13-14H2,(H,40,41,42)(H,31,32,33,34). The van der Waals surface area contributed by atoms with Crippen molar-refractivity contribution in [3.63, 3.8) is 0 Å². The molecule has 3 saturated heterocycles. The van der Waals surface area contributed by atoms with Crippen molar-refractivity contribution < 1.29 is 51.5 Å². The summed E-state index contributed by atoms with van der Waals surface area (Å²) in [6.07, 6.45) is 1.86. The highest BCUT2D eigenvalue weighted by molar-refractivity contribution is 7.99. The van der Waals surface area contributed by atoms with Crippen LogP contribution in [-0.4, -0.2) is 83.7 Å². The number of hydroxylamine groups is 2. The van der Waals surface area contributed by atoms with Crippen LogP contribution >= 0.6 is 23.3 Å². The quantitative estimate of drug-likeness (QED) is 0.175. The Morgan fingerprint density at radius 3 is 2.63 bits per heavy atom. The highest BCUT2D eigenvalue weighted by Crippen LogP contribution is 2.45. The molecule has 3 fully saturated rings. The Hall–Kier alpha value is -4.73. The molecular weight excluding hydrogens is 705 g/mol. The third-order valence-corrected chi connectivity index (χ3v) is 10.4. The maximum atomic E-state index is 13.1. The Labute approximate surface area is 285 Å². The van der Waals surface area contributed by atoms with E-state index in [1.165, 1.54) is 11.8 Å². The van der Waals surface area contributed by atoms with Gasteiger partial charge in [0, 0.05) is 47.4 Å². The zero-order valence-electron chi connectivity index (χ0n) is 24.9. The summed E-state index contributed by atoms with van der Waals surface area (Å²) in [6, 6.07) is 16.5. The van der Waals surface area contributed by atoms with E-state index in [-0.39, 0.29) is 25.2 Å². The average Bonchev–Trinajstić information content (AvgIpc) is 3.49. The van der Waals surface area contributed by atoms with Crippen molar-refractivity contribution in [1.82, 2.24) is 24.4 Å². The zero-order valence-corrected chi connectivity index (χ0v) is 27.3. The topological polar surface area (TPSA) is 230 Å². The van der Waals surface area contributed by atoms with E-state index >= 15 is 0 Å². The van der Waals surface area contributed by atoms with E-state index in [1.807, 2.05) is 36.4 Å². The molecule has 3 aliphatic rings. The molecule has 254 valence electrons. The van der Waals surface area contributed by atoms with Crippen molar-refractivity contribution in [2.45, 2.75) is 51.9 Å². The van der Waals surface area contributed by atoms with Crippen molar-refractivity contribution in [3.05, 3.63) is 72.8 Å². The van der Waals surface area contributed by atoms with Gasteiger partial charge < -0.3 is 29.5 Å². The highest BCUT2D eigenvalue weighted by Gasteiger charge is 2.67. The Kier molecular flexibility index (Phi) is 8.45. The number of benzene rings is 1. The van der Waals surface area contributed by atoms with E-state index in [4.69, 9.17) is 19.0 Å². The van der Waals surface area contributed by atoms with Crippen LogP contribution in [0.4, 0.5) is 10.9 Å². The van der Waals surface area contributed by atoms with Crippen molar-refractivity contribution in [2.75, 3.05) is 11.9 Å². The van der Waals surface area contributed by atoms with Crippen LogP contribution in [0.3, 0.4) is 0 Å². The number of pyridine rings is 2. The number of piperidine rings is 1. The van der Waals surface area contributed by atoms with E-state index in [2.05, 4.69) is 24.6 Å². The first-order valence-corrected chi connectivity index (χ1v) is 17.6. The Morgan fingerprint density at radius 2 is 1.88 bits per heavy atom. The first-order valence-electron chi connectivity index (χ1n) is 14.5. The first kappa shape index (κ1) is 32.8. The molecular formula is C29H24N6O11S3. The van der Waals surface area contributed by atoms with Gasteiger partial charge in [-0.15, -0.1) is 0 Å². The molecule has 3 aliphatic heterocycles. The summed E-state index contributed by atoms with van der Waals surface area (Å²) in [5, 5.41) is 13.0. The summed E-state index contributed by atoms with van der Waals surface area (Å²) in [6.45, 7) is -0.235. The predicted molar refractivity (Wildman–Crippen MR) is 167 cm³/mol. The summed E-state index contributed by atoms with van der Waals surface area (Å²) < 4.78 is 55.1. The normalized spacial score (nSPS) is 25.6. The zero-order chi connectivity index (χ0) is 34.4. The number of nitrogens with zero attached hydrogens (tertiary/aromatic N) is 5. The molecule has 3 N–H and O–H groups in total. The number of nitrogens with one attached hydrogen (secondary N) is 1. The number of fused-ring (bicyclic) bond motifs is 2. The lowest BCUT2D eigenvalue weighted by Gasteiger charge is -2.45. The fraction of sp³-hybridized carbons (Fsp3) is 0.276. The summed E-state index contributed by atoms with van der Waals surface area (Å²) in [7, 11) is -5.44. The number of carbonyl (C=O) groups excluding carboxylic acids is 3. The van der Waals surface area contributed by atoms with Gasteiger partial charge in [0.25, 0.3) is 10.1 Å². The number of aliphatic hydroxyl groups is 1. The summed E-state index contributed by atoms with van der Waals surface area (Å²) in [5.74, 6) is -6.11. The Morgan fingerprint density at radius 1 is 1.08 bits per heavy atom. The molecule has 6 heterocycles. The number of hydrogen-bond acceptors (Lipinski definition) is 18. The molecule has 49 heavy (non-hydrogen) atoms. The van der Waals surface area contributed by atoms with Gasteiger partial charge in [-0.2, -0.15) is 12.8 Å². The van der Waals surface area contributed by atoms with Gasteiger partial charge in [0.1, 0.15) is 16.6 Å². The molecule has 7 rings (SSSR count). The summed E-state index contributed by atoms with van der Waals surface area (Å²) in [4.78, 5) is 58.2. The minimum Gasteiger partial charge on any atom is -0.453 e. The first-order chi connectivity index (χ1) is 23.4. The maximum Gasteiger partial charge on any atom is 0.352 e. The lowest BCUT2D eigenvalue weighted by atomic mass is 9.93. The Balaban J connectivity index is 1.14. The summed E-state index contributed by atoms with van der Waals surface area (Å²) in [5.41, 5.74) is -3.31. The molecule has 17 nitrogen and oxygen atoms in total. The van der Waals surface area contributed by atoms with Crippen LogP contribution in [-0.2, 0) is 38.8 Å². The molecule has 3 aromatic heterocycles. The van der Waals surface area contributed by atoms with Crippen LogP contribution in [0.25, 0.3) is 0 Å². The number of carbonyl (C=O) groups is 3. The van der Waals surface area contributed by atoms with Crippen LogP contribution in [0.2, 0.25) is 0 Å². The van der Waals surface area contributed by atoms with Gasteiger partial charge in [-0.25, -0.2) is 24.5 Å². The van der Waals surface area contributed by atoms with E-state index in [1.54, 1.807) is 30.6 Å². The van der Waals surface area contributed by atoms with Gasteiger partial charge in [0.15, 0.2) is 11.6 Å². The second-order valence-electron chi connectivity index (χ2n) is 11.1. The highest BCUT2D eigenvalue weighted by atomic mass is 32.2. The molecule has 4 atom stereocenters. The van der Waals surface area contributed by atoms with Crippen LogP contribution in [0.5, 0.6) is 11.5 Å². The van der Waals surface area contributed by atoms with Crippen molar-refractivity contribution in [2.24, 2.45) is 0 Å². The maximum absolute atomic E-state index is 13.1. The third kappa shape index (κ3) is 6.53. The van der Waals surface area contributed by atoms with E-state index < -0.39 is 57.1 Å². The third-order valence-electron chi connectivity index (χ3n) is 7.69. The molecule has 4 unspecified atom stereocenters. The lowest BCUT2D eigenvalue weighted by molar-refractivity contribution is -0.382. The second kappa shape index (κ2) is 12.6. The SMILES string of the molecule is O=C1CC2(O)C(=O)OC3(CC(c4nsc(Nc5ncc(Sc6ccccn6)cc5Oc5ccccc5)n4)CCN3OC(=O)C2S(=O)(=O)O)O1. The number of hydrogen-bond donors (Lipinski definition) is 3. The minimum atomic E-state index is -5.44. The molecule has 1 spiro atoms. The largest absolute Gasteiger partial charge is 0.453 e. The molecule has 4 aromatic rings. The average molecular weight is 729 g/mol. The molecule has 0 amide bonds. The molecule has 0 radical (unpaired) electrons. The number of para-hydroxylation sites is 1. The number of ether oxygens (including phenoxy) is 3. The van der Waals surface area contributed by atoms with Crippen LogP contribution in [0.1, 0.15) is 31.0 Å². The van der Waals surface area contributed by atoms with Crippen molar-refractivity contribution in [3.8, 4) is 11.5 Å². The monoisotopic (exact) mass is 728 g/mol. The summed E-state index contributed by atoms with van der Waals surface area (Å²) >= 11 is 2.39. The molecule has 2 bridgehead atoms. The van der Waals surface area contributed by atoms with Gasteiger partial charge in [-0.3, -0.25) is 9.35 Å². The van der Waals surface area contributed by atoms with Crippen LogP contribution in [0.15, 0.2) is 76.9 Å². The second-order valence-corrected chi connectivity index (χ2v) is 14.4. The number of rotatable bonds is 8. The lowest BCUT2D eigenvalue weighted by Crippen LogP contribution is -2.65. The van der Waals surface area contributed by atoms with E-state index in [9.17, 15) is 32.5 Å². The van der Waals surface area contributed by atoms with Crippen LogP contribution in [0, 0.1) is 0 Å². The molecule has 0 saturated carbocycles. The Bertz CT molecular complexity index is 2040.